The molecule has 1 N–H and O–H groups in total. The van der Waals surface area contributed by atoms with Crippen LogP contribution < -0.4 is 5.32 Å². The van der Waals surface area contributed by atoms with Crippen molar-refractivity contribution in [1.29, 1.82) is 0 Å². The second kappa shape index (κ2) is 7.86. The van der Waals surface area contributed by atoms with Crippen LogP contribution in [0.25, 0.3) is 0 Å². The van der Waals surface area contributed by atoms with Crippen LogP contribution in [-0.2, 0) is 6.54 Å². The van der Waals surface area contributed by atoms with Crippen LogP contribution >= 0.6 is 11.3 Å². The average Bonchev–Trinajstić information content (AvgIpc) is 2.57. The Kier molecular flexibility index (Phi) is 6.74. The van der Waals surface area contributed by atoms with Gasteiger partial charge in [-0.05, 0) is 38.4 Å². The van der Waals surface area contributed by atoms with Crippen LogP contribution in [-0.4, -0.2) is 6.54 Å². The summed E-state index contributed by atoms with van der Waals surface area (Å²) in [5, 5.41) is 3.53. The highest BCUT2D eigenvalue weighted by Gasteiger charge is 2.00. The van der Waals surface area contributed by atoms with E-state index in [2.05, 4.69) is 32.2 Å². The maximum Gasteiger partial charge on any atom is 0.0299 e. The molecule has 92 valence electrons. The number of thiophene rings is 1. The molecule has 0 fully saturated rings. The molecule has 0 aromatic carbocycles. The Morgan fingerprint density at radius 1 is 1.12 bits per heavy atom. The molecule has 0 aliphatic carbocycles. The number of rotatable bonds is 8. The number of hydrogen-bond acceptors (Lipinski definition) is 2. The van der Waals surface area contributed by atoms with Gasteiger partial charge in [-0.25, -0.2) is 0 Å². The minimum Gasteiger partial charge on any atom is -0.312 e. The molecule has 16 heavy (non-hydrogen) atoms. The van der Waals surface area contributed by atoms with E-state index in [9.17, 15) is 0 Å². The summed E-state index contributed by atoms with van der Waals surface area (Å²) < 4.78 is 0. The molecule has 2 heteroatoms. The predicted octanol–water partition coefficient (Wildman–Crippen LogP) is 4.42. The van der Waals surface area contributed by atoms with E-state index in [1.165, 1.54) is 54.0 Å². The van der Waals surface area contributed by atoms with Crippen molar-refractivity contribution in [3.63, 3.8) is 0 Å². The Bertz CT molecular complexity index is 271. The van der Waals surface area contributed by atoms with Gasteiger partial charge in [0.25, 0.3) is 0 Å². The molecule has 0 saturated carbocycles. The molecule has 0 radical (unpaired) electrons. The van der Waals surface area contributed by atoms with Crippen molar-refractivity contribution in [2.45, 2.75) is 59.4 Å². The fourth-order valence-electron chi connectivity index (χ4n) is 1.80. The molecule has 0 spiro atoms. The van der Waals surface area contributed by atoms with Gasteiger partial charge in [0.2, 0.25) is 0 Å². The van der Waals surface area contributed by atoms with Crippen molar-refractivity contribution >= 4 is 11.3 Å². The highest BCUT2D eigenvalue weighted by Crippen LogP contribution is 2.20. The lowest BCUT2D eigenvalue weighted by atomic mass is 10.1. The third kappa shape index (κ3) is 5.13. The summed E-state index contributed by atoms with van der Waals surface area (Å²) in [5.41, 5.74) is 1.43. The van der Waals surface area contributed by atoms with Crippen molar-refractivity contribution in [3.05, 3.63) is 21.4 Å². The third-order valence-electron chi connectivity index (χ3n) is 2.97. The monoisotopic (exact) mass is 239 g/mol. The molecule has 1 heterocycles. The first-order valence-electron chi connectivity index (χ1n) is 6.50. The van der Waals surface area contributed by atoms with Crippen LogP contribution in [0.1, 0.15) is 54.3 Å². The SMILES string of the molecule is CCCCCCCNCc1cc(C)c(C)s1. The zero-order valence-corrected chi connectivity index (χ0v) is 11.8. The van der Waals surface area contributed by atoms with Crippen LogP contribution in [0.4, 0.5) is 0 Å². The molecule has 1 aromatic heterocycles. The van der Waals surface area contributed by atoms with Crippen molar-refractivity contribution in [3.8, 4) is 0 Å². The normalized spacial score (nSPS) is 10.9. The molecule has 0 aliphatic heterocycles. The lowest BCUT2D eigenvalue weighted by molar-refractivity contribution is 0.585. The summed E-state index contributed by atoms with van der Waals surface area (Å²) in [6.45, 7) is 8.88. The molecular formula is C14H25NS. The van der Waals surface area contributed by atoms with Gasteiger partial charge < -0.3 is 5.32 Å². The summed E-state index contributed by atoms with van der Waals surface area (Å²) in [5.74, 6) is 0. The minimum atomic E-state index is 1.05. The molecule has 0 saturated heterocycles. The van der Waals surface area contributed by atoms with E-state index in [-0.39, 0.29) is 0 Å². The number of nitrogens with one attached hydrogen (secondary N) is 1. The molecule has 0 unspecified atom stereocenters. The van der Waals surface area contributed by atoms with Crippen LogP contribution in [0.15, 0.2) is 6.07 Å². The lowest BCUT2D eigenvalue weighted by Crippen LogP contribution is -2.13. The smallest absolute Gasteiger partial charge is 0.0299 e. The quantitative estimate of drug-likeness (QED) is 0.662. The summed E-state index contributed by atoms with van der Waals surface area (Å²) in [7, 11) is 0. The van der Waals surface area contributed by atoms with Crippen molar-refractivity contribution in [2.24, 2.45) is 0 Å². The van der Waals surface area contributed by atoms with Crippen LogP contribution in [0.2, 0.25) is 0 Å². The predicted molar refractivity (Wildman–Crippen MR) is 74.3 cm³/mol. The summed E-state index contributed by atoms with van der Waals surface area (Å²) in [4.78, 5) is 2.93. The molecule has 1 aromatic rings. The first-order valence-corrected chi connectivity index (χ1v) is 7.32. The maximum atomic E-state index is 3.53. The van der Waals surface area contributed by atoms with Crippen LogP contribution in [0, 0.1) is 13.8 Å². The molecule has 0 amide bonds. The molecule has 1 nitrogen and oxygen atoms in total. The Morgan fingerprint density at radius 2 is 1.88 bits per heavy atom. The fraction of sp³-hybridized carbons (Fsp3) is 0.714. The molecule has 0 bridgehead atoms. The second-order valence-corrected chi connectivity index (χ2v) is 5.88. The highest BCUT2D eigenvalue weighted by molar-refractivity contribution is 7.12. The van der Waals surface area contributed by atoms with E-state index in [0.29, 0.717) is 0 Å². The van der Waals surface area contributed by atoms with E-state index >= 15 is 0 Å². The van der Waals surface area contributed by atoms with Gasteiger partial charge in [0, 0.05) is 16.3 Å². The maximum absolute atomic E-state index is 3.53. The lowest BCUT2D eigenvalue weighted by Gasteiger charge is -2.02. The number of hydrogen-bond donors (Lipinski definition) is 1. The Morgan fingerprint density at radius 3 is 2.50 bits per heavy atom. The Labute approximate surface area is 104 Å². The first-order chi connectivity index (χ1) is 7.74. The first kappa shape index (κ1) is 13.7. The third-order valence-corrected chi connectivity index (χ3v) is 4.13. The summed E-state index contributed by atoms with van der Waals surface area (Å²) in [6, 6.07) is 2.31. The van der Waals surface area contributed by atoms with Gasteiger partial charge in [-0.2, -0.15) is 0 Å². The average molecular weight is 239 g/mol. The molecule has 1 rings (SSSR count). The second-order valence-electron chi connectivity index (χ2n) is 4.54. The van der Waals surface area contributed by atoms with E-state index in [1.807, 2.05) is 11.3 Å². The molecule has 0 atom stereocenters. The van der Waals surface area contributed by atoms with Gasteiger partial charge in [0.15, 0.2) is 0 Å². The number of unbranched alkanes of at least 4 members (excludes halogenated alkanes) is 4. The standard InChI is InChI=1S/C14H25NS/c1-4-5-6-7-8-9-15-11-14-10-12(2)13(3)16-14/h10,15H,4-9,11H2,1-3H3. The van der Waals surface area contributed by atoms with Gasteiger partial charge in [0.05, 0.1) is 0 Å². The van der Waals surface area contributed by atoms with Gasteiger partial charge in [0.1, 0.15) is 0 Å². The molecule has 0 aliphatic rings. The van der Waals surface area contributed by atoms with Crippen molar-refractivity contribution < 1.29 is 0 Å². The Hall–Kier alpha value is -0.340. The van der Waals surface area contributed by atoms with Crippen LogP contribution in [0.5, 0.6) is 0 Å². The van der Waals surface area contributed by atoms with E-state index in [4.69, 9.17) is 0 Å². The van der Waals surface area contributed by atoms with Crippen molar-refractivity contribution in [1.82, 2.24) is 5.32 Å². The molecular weight excluding hydrogens is 214 g/mol. The summed E-state index contributed by atoms with van der Waals surface area (Å²) in [6.07, 6.45) is 6.83. The Balaban J connectivity index is 2.03. The van der Waals surface area contributed by atoms with Gasteiger partial charge in [-0.3, -0.25) is 0 Å². The van der Waals surface area contributed by atoms with Gasteiger partial charge in [-0.1, -0.05) is 32.6 Å². The minimum absolute atomic E-state index is 1.05. The highest BCUT2D eigenvalue weighted by atomic mass is 32.1. The van der Waals surface area contributed by atoms with Gasteiger partial charge in [-0.15, -0.1) is 11.3 Å². The van der Waals surface area contributed by atoms with E-state index in [1.54, 1.807) is 0 Å². The van der Waals surface area contributed by atoms with Crippen molar-refractivity contribution in [2.75, 3.05) is 6.54 Å². The van der Waals surface area contributed by atoms with E-state index < -0.39 is 0 Å². The summed E-state index contributed by atoms with van der Waals surface area (Å²) >= 11 is 1.92. The van der Waals surface area contributed by atoms with E-state index in [0.717, 1.165) is 6.54 Å². The van der Waals surface area contributed by atoms with Crippen LogP contribution in [0.3, 0.4) is 0 Å². The number of aryl methyl sites for hydroxylation is 2. The van der Waals surface area contributed by atoms with Gasteiger partial charge >= 0.3 is 0 Å². The zero-order valence-electron chi connectivity index (χ0n) is 10.9. The fourth-order valence-corrected chi connectivity index (χ4v) is 2.83. The zero-order chi connectivity index (χ0) is 11.8. The topological polar surface area (TPSA) is 12.0 Å². The largest absolute Gasteiger partial charge is 0.312 e.